The van der Waals surface area contributed by atoms with Crippen LogP contribution in [-0.2, 0) is 0 Å². The molecule has 17 heavy (non-hydrogen) atoms. The second kappa shape index (κ2) is 5.68. The van der Waals surface area contributed by atoms with Crippen LogP contribution < -0.4 is 5.32 Å². The second-order valence-corrected chi connectivity index (χ2v) is 5.52. The Labute approximate surface area is 106 Å². The Bertz CT molecular complexity index is 341. The zero-order valence-corrected chi connectivity index (χ0v) is 11.4. The average Bonchev–Trinajstić information content (AvgIpc) is 2.81. The molecule has 3 atom stereocenters. The van der Waals surface area contributed by atoms with Crippen molar-refractivity contribution in [1.29, 1.82) is 0 Å². The number of hydrogen-bond acceptors (Lipinski definition) is 1. The fraction of sp³-hybridized carbons (Fsp3) is 0.625. The number of rotatable bonds is 4. The Hall–Kier alpha value is -0.820. The maximum atomic E-state index is 3.52. The van der Waals surface area contributed by atoms with Gasteiger partial charge in [0.2, 0.25) is 0 Å². The molecule has 1 heteroatoms. The molecule has 2 rings (SSSR count). The minimum Gasteiger partial charge on any atom is -0.313 e. The van der Waals surface area contributed by atoms with Gasteiger partial charge in [0, 0.05) is 6.04 Å². The zero-order chi connectivity index (χ0) is 12.3. The van der Waals surface area contributed by atoms with Gasteiger partial charge in [0.1, 0.15) is 0 Å². The van der Waals surface area contributed by atoms with Crippen molar-refractivity contribution >= 4 is 0 Å². The zero-order valence-electron chi connectivity index (χ0n) is 11.4. The molecule has 1 aliphatic carbocycles. The third-order valence-electron chi connectivity index (χ3n) is 4.38. The maximum absolute atomic E-state index is 3.52. The number of benzene rings is 1. The molecule has 3 unspecified atom stereocenters. The average molecular weight is 231 g/mol. The Balaban J connectivity index is 2.08. The highest BCUT2D eigenvalue weighted by atomic mass is 14.9. The van der Waals surface area contributed by atoms with Crippen LogP contribution >= 0.6 is 0 Å². The highest BCUT2D eigenvalue weighted by Crippen LogP contribution is 2.40. The predicted octanol–water partition coefficient (Wildman–Crippen LogP) is 4.08. The van der Waals surface area contributed by atoms with Gasteiger partial charge >= 0.3 is 0 Å². The van der Waals surface area contributed by atoms with Gasteiger partial charge in [-0.1, -0.05) is 49.6 Å². The van der Waals surface area contributed by atoms with Crippen LogP contribution in [0, 0.1) is 18.8 Å². The van der Waals surface area contributed by atoms with Gasteiger partial charge < -0.3 is 5.32 Å². The van der Waals surface area contributed by atoms with Gasteiger partial charge in [0.05, 0.1) is 0 Å². The molecule has 0 heterocycles. The molecule has 0 aliphatic heterocycles. The SMILES string of the molecule is CCC1CCC(C(NC)c2ccc(C)cc2)C1. The van der Waals surface area contributed by atoms with E-state index in [1.165, 1.54) is 36.8 Å². The van der Waals surface area contributed by atoms with Crippen LogP contribution in [0.1, 0.15) is 49.8 Å². The van der Waals surface area contributed by atoms with Crippen molar-refractivity contribution in [1.82, 2.24) is 5.32 Å². The third kappa shape index (κ3) is 2.90. The second-order valence-electron chi connectivity index (χ2n) is 5.52. The number of aryl methyl sites for hydroxylation is 1. The molecule has 1 aromatic rings. The largest absolute Gasteiger partial charge is 0.313 e. The number of nitrogens with one attached hydrogen (secondary N) is 1. The molecule has 0 amide bonds. The molecule has 0 radical (unpaired) electrons. The van der Waals surface area contributed by atoms with Gasteiger partial charge in [-0.25, -0.2) is 0 Å². The van der Waals surface area contributed by atoms with Crippen molar-refractivity contribution in [2.24, 2.45) is 11.8 Å². The van der Waals surface area contributed by atoms with E-state index in [-0.39, 0.29) is 0 Å². The van der Waals surface area contributed by atoms with E-state index >= 15 is 0 Å². The minimum atomic E-state index is 0.548. The lowest BCUT2D eigenvalue weighted by molar-refractivity contribution is 0.372. The fourth-order valence-corrected chi connectivity index (χ4v) is 3.24. The molecule has 1 aromatic carbocycles. The lowest BCUT2D eigenvalue weighted by Gasteiger charge is -2.24. The molecule has 1 nitrogen and oxygen atoms in total. The summed E-state index contributed by atoms with van der Waals surface area (Å²) in [6.07, 6.45) is 5.56. The summed E-state index contributed by atoms with van der Waals surface area (Å²) in [5.41, 5.74) is 2.81. The normalized spacial score (nSPS) is 26.1. The Morgan fingerprint density at radius 3 is 2.47 bits per heavy atom. The summed E-state index contributed by atoms with van der Waals surface area (Å²) in [6, 6.07) is 9.58. The summed E-state index contributed by atoms with van der Waals surface area (Å²) in [6.45, 7) is 4.48. The first-order valence-electron chi connectivity index (χ1n) is 6.98. The molecule has 0 saturated heterocycles. The first-order valence-corrected chi connectivity index (χ1v) is 6.98. The van der Waals surface area contributed by atoms with Crippen LogP contribution in [0.3, 0.4) is 0 Å². The molecule has 1 aliphatic rings. The van der Waals surface area contributed by atoms with E-state index in [0.29, 0.717) is 6.04 Å². The van der Waals surface area contributed by atoms with Crippen LogP contribution in [0.5, 0.6) is 0 Å². The predicted molar refractivity (Wildman–Crippen MR) is 74.1 cm³/mol. The molecule has 0 bridgehead atoms. The topological polar surface area (TPSA) is 12.0 Å². The lowest BCUT2D eigenvalue weighted by atomic mass is 9.90. The van der Waals surface area contributed by atoms with E-state index in [9.17, 15) is 0 Å². The van der Waals surface area contributed by atoms with Crippen molar-refractivity contribution in [3.8, 4) is 0 Å². The summed E-state index contributed by atoms with van der Waals surface area (Å²) in [5, 5.41) is 3.52. The highest BCUT2D eigenvalue weighted by molar-refractivity contribution is 5.24. The van der Waals surface area contributed by atoms with Crippen molar-refractivity contribution < 1.29 is 0 Å². The molecule has 0 aromatic heterocycles. The molecule has 1 fully saturated rings. The van der Waals surface area contributed by atoms with Crippen molar-refractivity contribution in [3.05, 3.63) is 35.4 Å². The van der Waals surface area contributed by atoms with Gasteiger partial charge in [-0.05, 0) is 44.2 Å². The highest BCUT2D eigenvalue weighted by Gasteiger charge is 2.29. The quantitative estimate of drug-likeness (QED) is 0.823. The lowest BCUT2D eigenvalue weighted by Crippen LogP contribution is -2.23. The maximum Gasteiger partial charge on any atom is 0.0346 e. The fourth-order valence-electron chi connectivity index (χ4n) is 3.24. The number of hydrogen-bond donors (Lipinski definition) is 1. The van der Waals surface area contributed by atoms with E-state index in [0.717, 1.165) is 11.8 Å². The van der Waals surface area contributed by atoms with Gasteiger partial charge in [0.15, 0.2) is 0 Å². The van der Waals surface area contributed by atoms with Crippen LogP contribution in [-0.4, -0.2) is 7.05 Å². The van der Waals surface area contributed by atoms with Crippen molar-refractivity contribution in [2.75, 3.05) is 7.05 Å². The van der Waals surface area contributed by atoms with Crippen LogP contribution in [0.2, 0.25) is 0 Å². The van der Waals surface area contributed by atoms with Gasteiger partial charge in [-0.15, -0.1) is 0 Å². The summed E-state index contributed by atoms with van der Waals surface area (Å²) < 4.78 is 0. The Morgan fingerprint density at radius 2 is 1.94 bits per heavy atom. The van der Waals surface area contributed by atoms with Gasteiger partial charge in [0.25, 0.3) is 0 Å². The van der Waals surface area contributed by atoms with E-state index in [2.05, 4.69) is 50.5 Å². The van der Waals surface area contributed by atoms with E-state index in [4.69, 9.17) is 0 Å². The Morgan fingerprint density at radius 1 is 1.24 bits per heavy atom. The monoisotopic (exact) mass is 231 g/mol. The molecular formula is C16H25N. The van der Waals surface area contributed by atoms with Crippen LogP contribution in [0.15, 0.2) is 24.3 Å². The van der Waals surface area contributed by atoms with E-state index in [1.807, 2.05) is 0 Å². The summed E-state index contributed by atoms with van der Waals surface area (Å²) in [5.74, 6) is 1.79. The standard InChI is InChI=1S/C16H25N/c1-4-13-7-10-15(11-13)16(17-3)14-8-5-12(2)6-9-14/h5-6,8-9,13,15-17H,4,7,10-11H2,1-3H3. The summed E-state index contributed by atoms with van der Waals surface area (Å²) in [7, 11) is 2.10. The first kappa shape index (κ1) is 12.6. The molecule has 1 N–H and O–H groups in total. The minimum absolute atomic E-state index is 0.548. The van der Waals surface area contributed by atoms with Crippen LogP contribution in [0.25, 0.3) is 0 Å². The molecular weight excluding hydrogens is 206 g/mol. The molecule has 0 spiro atoms. The van der Waals surface area contributed by atoms with Crippen molar-refractivity contribution in [3.63, 3.8) is 0 Å². The first-order chi connectivity index (χ1) is 8.24. The molecule has 1 saturated carbocycles. The summed E-state index contributed by atoms with van der Waals surface area (Å²) in [4.78, 5) is 0. The van der Waals surface area contributed by atoms with E-state index < -0.39 is 0 Å². The van der Waals surface area contributed by atoms with Crippen LogP contribution in [0.4, 0.5) is 0 Å². The smallest absolute Gasteiger partial charge is 0.0346 e. The van der Waals surface area contributed by atoms with E-state index in [1.54, 1.807) is 0 Å². The van der Waals surface area contributed by atoms with Gasteiger partial charge in [-0.3, -0.25) is 0 Å². The summed E-state index contributed by atoms with van der Waals surface area (Å²) >= 11 is 0. The molecule has 94 valence electrons. The third-order valence-corrected chi connectivity index (χ3v) is 4.38. The van der Waals surface area contributed by atoms with Crippen molar-refractivity contribution in [2.45, 2.75) is 45.6 Å². The Kier molecular flexibility index (Phi) is 4.22. The van der Waals surface area contributed by atoms with Gasteiger partial charge in [-0.2, -0.15) is 0 Å².